The fourth-order valence-corrected chi connectivity index (χ4v) is 3.97. The van der Waals surface area contributed by atoms with Gasteiger partial charge in [0.05, 0.1) is 21.2 Å². The number of benzene rings is 4. The number of hydrogen-bond acceptors (Lipinski definition) is 8. The van der Waals surface area contributed by atoms with E-state index in [1.54, 1.807) is 26.0 Å². The molecule has 0 aromatic heterocycles. The van der Waals surface area contributed by atoms with Crippen molar-refractivity contribution < 1.29 is 20.1 Å². The molecular weight excluding hydrogens is 500 g/mol. The second-order valence-corrected chi connectivity index (χ2v) is 8.98. The summed E-state index contributed by atoms with van der Waals surface area (Å²) in [4.78, 5) is 29.6. The fraction of sp³-hybridized carbons (Fsp3) is 0.103. The van der Waals surface area contributed by atoms with E-state index in [1.165, 1.54) is 24.6 Å². The number of aryl methyl sites for hydroxylation is 2. The Morgan fingerprint density at radius 3 is 1.36 bits per heavy atom. The number of aromatic hydroxyl groups is 2. The third kappa shape index (κ3) is 6.50. The topological polar surface area (TPSA) is 151 Å². The minimum absolute atomic E-state index is 0.268. The lowest BCUT2D eigenvalue weighted by Crippen LogP contribution is -1.93. The molecule has 0 saturated heterocycles. The van der Waals surface area contributed by atoms with Crippen LogP contribution in [0.25, 0.3) is 0 Å². The molecule has 196 valence electrons. The molecule has 0 heterocycles. The number of rotatable bonds is 8. The zero-order chi connectivity index (χ0) is 28.1. The van der Waals surface area contributed by atoms with Gasteiger partial charge in [-0.25, -0.2) is 0 Å². The maximum atomic E-state index is 11.1. The first kappa shape index (κ1) is 26.7. The molecule has 0 unspecified atom stereocenters. The Bertz CT molecular complexity index is 1490. The standard InChI is InChI=1S/C29H24N4O6/c1-18-11-22(28(34)26(13-18)32(36)37)16-30-24-7-3-20(4-8-24)15-21-5-9-25(10-6-21)31-17-23-12-19(2)14-27(29(23)35)33(38)39/h3-14,16-17,34-35H,15H2,1-2H3. The van der Waals surface area contributed by atoms with Gasteiger partial charge in [0.1, 0.15) is 0 Å². The molecular formula is C29H24N4O6. The lowest BCUT2D eigenvalue weighted by molar-refractivity contribution is -0.386. The molecule has 2 N–H and O–H groups in total. The van der Waals surface area contributed by atoms with Crippen LogP contribution in [0.2, 0.25) is 0 Å². The van der Waals surface area contributed by atoms with Gasteiger partial charge in [0.25, 0.3) is 0 Å². The maximum Gasteiger partial charge on any atom is 0.311 e. The summed E-state index contributed by atoms with van der Waals surface area (Å²) in [6, 6.07) is 20.8. The number of nitro benzene ring substituents is 2. The molecule has 0 atom stereocenters. The molecule has 0 bridgehead atoms. The van der Waals surface area contributed by atoms with Crippen molar-refractivity contribution in [3.63, 3.8) is 0 Å². The van der Waals surface area contributed by atoms with Crippen LogP contribution in [0.15, 0.2) is 82.8 Å². The lowest BCUT2D eigenvalue weighted by Gasteiger charge is -2.05. The Morgan fingerprint density at radius 2 is 1.03 bits per heavy atom. The third-order valence-electron chi connectivity index (χ3n) is 5.91. The third-order valence-corrected chi connectivity index (χ3v) is 5.91. The van der Waals surface area contributed by atoms with Gasteiger partial charge >= 0.3 is 11.4 Å². The maximum absolute atomic E-state index is 11.1. The van der Waals surface area contributed by atoms with E-state index in [4.69, 9.17) is 0 Å². The van der Waals surface area contributed by atoms with Gasteiger partial charge in [-0.2, -0.15) is 0 Å². The summed E-state index contributed by atoms with van der Waals surface area (Å²) >= 11 is 0. The van der Waals surface area contributed by atoms with Crippen LogP contribution in [0.3, 0.4) is 0 Å². The fourth-order valence-electron chi connectivity index (χ4n) is 3.97. The predicted octanol–water partition coefficient (Wildman–Crippen LogP) is 6.62. The second-order valence-electron chi connectivity index (χ2n) is 8.98. The van der Waals surface area contributed by atoms with Crippen molar-refractivity contribution in [2.24, 2.45) is 9.98 Å². The first-order chi connectivity index (χ1) is 18.6. The average Bonchev–Trinajstić information content (AvgIpc) is 2.90. The van der Waals surface area contributed by atoms with Crippen LogP contribution in [-0.2, 0) is 6.42 Å². The molecule has 4 rings (SSSR count). The van der Waals surface area contributed by atoms with E-state index in [0.29, 0.717) is 28.9 Å². The average molecular weight is 525 g/mol. The first-order valence-electron chi connectivity index (χ1n) is 11.8. The molecule has 0 aliphatic carbocycles. The normalized spacial score (nSPS) is 11.3. The number of nitrogens with zero attached hydrogens (tertiary/aromatic N) is 4. The summed E-state index contributed by atoms with van der Waals surface area (Å²) < 4.78 is 0. The quantitative estimate of drug-likeness (QED) is 0.150. The Morgan fingerprint density at radius 1 is 0.667 bits per heavy atom. The van der Waals surface area contributed by atoms with E-state index < -0.39 is 21.3 Å². The molecule has 0 fully saturated rings. The van der Waals surface area contributed by atoms with Gasteiger partial charge in [-0.3, -0.25) is 30.2 Å². The van der Waals surface area contributed by atoms with Crippen molar-refractivity contribution in [3.8, 4) is 11.5 Å². The molecule has 0 amide bonds. The van der Waals surface area contributed by atoms with Crippen molar-refractivity contribution in [2.75, 3.05) is 0 Å². The highest BCUT2D eigenvalue weighted by molar-refractivity contribution is 5.88. The molecule has 10 nitrogen and oxygen atoms in total. The largest absolute Gasteiger partial charge is 0.502 e. The molecule has 0 saturated carbocycles. The van der Waals surface area contributed by atoms with Gasteiger partial charge in [0.15, 0.2) is 0 Å². The van der Waals surface area contributed by atoms with Crippen molar-refractivity contribution >= 4 is 35.2 Å². The van der Waals surface area contributed by atoms with Crippen molar-refractivity contribution in [1.29, 1.82) is 0 Å². The summed E-state index contributed by atoms with van der Waals surface area (Å²) in [5, 5.41) is 42.6. The van der Waals surface area contributed by atoms with Crippen LogP contribution in [-0.4, -0.2) is 32.5 Å². The molecule has 39 heavy (non-hydrogen) atoms. The number of aliphatic imine (C=N–C) groups is 2. The highest BCUT2D eigenvalue weighted by atomic mass is 16.6. The van der Waals surface area contributed by atoms with Crippen LogP contribution in [0.1, 0.15) is 33.4 Å². The summed E-state index contributed by atoms with van der Waals surface area (Å²) in [6.45, 7) is 3.42. The first-order valence-corrected chi connectivity index (χ1v) is 11.8. The van der Waals surface area contributed by atoms with Crippen LogP contribution >= 0.6 is 0 Å². The Labute approximate surface area is 223 Å². The zero-order valence-corrected chi connectivity index (χ0v) is 21.1. The summed E-state index contributed by atoms with van der Waals surface area (Å²) in [5.41, 5.74) is 4.44. The molecule has 4 aromatic rings. The van der Waals surface area contributed by atoms with Gasteiger partial charge in [0.2, 0.25) is 11.5 Å². The van der Waals surface area contributed by atoms with E-state index >= 15 is 0 Å². The zero-order valence-electron chi connectivity index (χ0n) is 21.1. The molecule has 10 heteroatoms. The summed E-state index contributed by atoms with van der Waals surface area (Å²) in [5.74, 6) is -0.841. The van der Waals surface area contributed by atoms with E-state index in [1.807, 2.05) is 48.5 Å². The number of phenols is 2. The van der Waals surface area contributed by atoms with Crippen molar-refractivity contribution in [3.05, 3.63) is 126 Å². The highest BCUT2D eigenvalue weighted by Gasteiger charge is 2.18. The Hall–Kier alpha value is -5.38. The molecule has 0 radical (unpaired) electrons. The number of phenolic OH excluding ortho intramolecular Hbond substituents is 2. The van der Waals surface area contributed by atoms with E-state index in [9.17, 15) is 30.4 Å². The van der Waals surface area contributed by atoms with Crippen LogP contribution in [0, 0.1) is 34.1 Å². The molecule has 0 aliphatic heterocycles. The van der Waals surface area contributed by atoms with Gasteiger partial charge in [0, 0.05) is 35.7 Å². The Balaban J connectivity index is 1.42. The SMILES string of the molecule is Cc1cc(C=Nc2ccc(Cc3ccc(N=Cc4cc(C)cc([N+](=O)[O-])c4O)cc3)cc2)c(O)c([N+](=O)[O-])c1. The van der Waals surface area contributed by atoms with Crippen LogP contribution in [0.5, 0.6) is 11.5 Å². The highest BCUT2D eigenvalue weighted by Crippen LogP contribution is 2.31. The van der Waals surface area contributed by atoms with E-state index in [2.05, 4.69) is 9.98 Å². The molecule has 0 aliphatic rings. The molecule has 4 aromatic carbocycles. The predicted molar refractivity (Wildman–Crippen MR) is 149 cm³/mol. The molecule has 0 spiro atoms. The van der Waals surface area contributed by atoms with Crippen LogP contribution in [0.4, 0.5) is 22.7 Å². The minimum Gasteiger partial charge on any atom is -0.502 e. The van der Waals surface area contributed by atoms with E-state index in [-0.39, 0.29) is 22.5 Å². The number of nitro groups is 2. The smallest absolute Gasteiger partial charge is 0.311 e. The Kier molecular flexibility index (Phi) is 7.76. The lowest BCUT2D eigenvalue weighted by atomic mass is 10.0. The minimum atomic E-state index is -0.629. The summed E-state index contributed by atoms with van der Waals surface area (Å²) in [7, 11) is 0. The van der Waals surface area contributed by atoms with Crippen molar-refractivity contribution in [1.82, 2.24) is 0 Å². The van der Waals surface area contributed by atoms with Crippen molar-refractivity contribution in [2.45, 2.75) is 20.3 Å². The van der Waals surface area contributed by atoms with Gasteiger partial charge in [-0.15, -0.1) is 0 Å². The number of hydrogen-bond donors (Lipinski definition) is 2. The van der Waals surface area contributed by atoms with Gasteiger partial charge < -0.3 is 10.2 Å². The van der Waals surface area contributed by atoms with Crippen LogP contribution < -0.4 is 0 Å². The van der Waals surface area contributed by atoms with Gasteiger partial charge in [-0.05, 0) is 78.9 Å². The second kappa shape index (κ2) is 11.3. The summed E-state index contributed by atoms with van der Waals surface area (Å²) in [6.07, 6.45) is 3.46. The van der Waals surface area contributed by atoms with Gasteiger partial charge in [-0.1, -0.05) is 24.3 Å². The van der Waals surface area contributed by atoms with E-state index in [0.717, 1.165) is 11.1 Å². The monoisotopic (exact) mass is 524 g/mol.